The molecular formula is C25H27N5O2. The predicted octanol–water partition coefficient (Wildman–Crippen LogP) is 3.87. The topological polar surface area (TPSA) is 66.9 Å². The number of carbonyl (C=O) groups is 1. The molecule has 4 heterocycles. The fourth-order valence-electron chi connectivity index (χ4n) is 4.40. The largest absolute Gasteiger partial charge is 0.360 e. The molecule has 164 valence electrons. The third-order valence-electron chi connectivity index (χ3n) is 6.22. The van der Waals surface area contributed by atoms with Gasteiger partial charge in [-0.1, -0.05) is 41.6 Å². The molecule has 5 rings (SSSR count). The molecule has 32 heavy (non-hydrogen) atoms. The summed E-state index contributed by atoms with van der Waals surface area (Å²) in [5.74, 6) is 0.553. The molecule has 0 N–H and O–H groups in total. The Morgan fingerprint density at radius 2 is 1.75 bits per heavy atom. The van der Waals surface area contributed by atoms with Crippen LogP contribution in [0.5, 0.6) is 0 Å². The third-order valence-corrected chi connectivity index (χ3v) is 6.22. The molecule has 0 spiro atoms. The van der Waals surface area contributed by atoms with E-state index >= 15 is 0 Å². The molecule has 1 aliphatic rings. The predicted molar refractivity (Wildman–Crippen MR) is 123 cm³/mol. The summed E-state index contributed by atoms with van der Waals surface area (Å²) in [5, 5.41) is 4.17. The van der Waals surface area contributed by atoms with E-state index in [4.69, 9.17) is 9.51 Å². The van der Waals surface area contributed by atoms with Crippen LogP contribution in [0.1, 0.15) is 33.1 Å². The van der Waals surface area contributed by atoms with Crippen molar-refractivity contribution >= 4 is 11.6 Å². The number of amides is 1. The second-order valence-corrected chi connectivity index (χ2v) is 8.48. The molecule has 1 fully saturated rings. The van der Waals surface area contributed by atoms with Gasteiger partial charge in [0, 0.05) is 44.5 Å². The van der Waals surface area contributed by atoms with Gasteiger partial charge in [0.2, 0.25) is 0 Å². The van der Waals surface area contributed by atoms with Crippen LogP contribution in [0, 0.1) is 20.8 Å². The number of rotatable bonds is 4. The van der Waals surface area contributed by atoms with Crippen LogP contribution >= 0.6 is 0 Å². The number of fused-ring (bicyclic) bond motifs is 1. The van der Waals surface area contributed by atoms with Crippen molar-refractivity contribution in [2.45, 2.75) is 27.3 Å². The third kappa shape index (κ3) is 3.69. The van der Waals surface area contributed by atoms with E-state index in [1.54, 1.807) is 6.92 Å². The monoisotopic (exact) mass is 429 g/mol. The lowest BCUT2D eigenvalue weighted by Gasteiger charge is -2.34. The van der Waals surface area contributed by atoms with Crippen LogP contribution in [-0.4, -0.2) is 56.4 Å². The number of hydrogen-bond donors (Lipinski definition) is 0. The van der Waals surface area contributed by atoms with Gasteiger partial charge in [-0.25, -0.2) is 4.98 Å². The lowest BCUT2D eigenvalue weighted by molar-refractivity contribution is 0.0625. The average molecular weight is 430 g/mol. The summed E-state index contributed by atoms with van der Waals surface area (Å²) in [6.07, 6.45) is 2.14. The maximum Gasteiger partial charge on any atom is 0.259 e. The summed E-state index contributed by atoms with van der Waals surface area (Å²) >= 11 is 0. The van der Waals surface area contributed by atoms with E-state index in [-0.39, 0.29) is 5.91 Å². The van der Waals surface area contributed by atoms with E-state index in [1.165, 1.54) is 11.3 Å². The Balaban J connectivity index is 1.30. The second-order valence-electron chi connectivity index (χ2n) is 8.48. The van der Waals surface area contributed by atoms with E-state index in [0.717, 1.165) is 36.5 Å². The van der Waals surface area contributed by atoms with Gasteiger partial charge in [-0.15, -0.1) is 0 Å². The zero-order chi connectivity index (χ0) is 22.2. The Hall–Kier alpha value is -3.45. The van der Waals surface area contributed by atoms with Gasteiger partial charge in [-0.05, 0) is 32.4 Å². The van der Waals surface area contributed by atoms with E-state index in [0.29, 0.717) is 30.1 Å². The van der Waals surface area contributed by atoms with Crippen LogP contribution < -0.4 is 0 Å². The number of nitrogens with zero attached hydrogens (tertiary/aromatic N) is 5. The molecule has 1 aliphatic heterocycles. The summed E-state index contributed by atoms with van der Waals surface area (Å²) in [7, 11) is 0. The van der Waals surface area contributed by atoms with Crippen molar-refractivity contribution in [3.63, 3.8) is 0 Å². The Bertz CT molecular complexity index is 1270. The summed E-state index contributed by atoms with van der Waals surface area (Å²) in [5.41, 5.74) is 6.54. The van der Waals surface area contributed by atoms with Crippen LogP contribution in [0.4, 0.5) is 0 Å². The number of imidazole rings is 1. The van der Waals surface area contributed by atoms with Gasteiger partial charge in [0.25, 0.3) is 5.91 Å². The number of piperazine rings is 1. The highest BCUT2D eigenvalue weighted by Gasteiger charge is 2.29. The molecule has 0 saturated carbocycles. The molecule has 0 atom stereocenters. The van der Waals surface area contributed by atoms with Crippen molar-refractivity contribution in [3.05, 3.63) is 76.9 Å². The summed E-state index contributed by atoms with van der Waals surface area (Å²) in [4.78, 5) is 22.4. The van der Waals surface area contributed by atoms with Crippen LogP contribution in [0.25, 0.3) is 16.9 Å². The molecule has 3 aromatic heterocycles. The van der Waals surface area contributed by atoms with Crippen molar-refractivity contribution in [1.29, 1.82) is 0 Å². The smallest absolute Gasteiger partial charge is 0.259 e. The minimum absolute atomic E-state index is 0.0103. The van der Waals surface area contributed by atoms with Crippen molar-refractivity contribution < 1.29 is 9.32 Å². The Labute approximate surface area is 187 Å². The van der Waals surface area contributed by atoms with Gasteiger partial charge in [0.1, 0.15) is 22.7 Å². The SMILES string of the molecule is Cc1ccc2nc(C)c(CN3CCN(C(=O)c4c(-c5ccccc5)noc4C)CC3)n2c1. The van der Waals surface area contributed by atoms with Gasteiger partial charge >= 0.3 is 0 Å². The molecule has 1 saturated heterocycles. The zero-order valence-electron chi connectivity index (χ0n) is 18.7. The van der Waals surface area contributed by atoms with Crippen LogP contribution in [0.2, 0.25) is 0 Å². The molecule has 7 nitrogen and oxygen atoms in total. The lowest BCUT2D eigenvalue weighted by Crippen LogP contribution is -2.48. The quantitative estimate of drug-likeness (QED) is 0.493. The normalized spacial score (nSPS) is 14.9. The maximum atomic E-state index is 13.4. The molecule has 1 amide bonds. The zero-order valence-corrected chi connectivity index (χ0v) is 18.7. The number of pyridine rings is 1. The van der Waals surface area contributed by atoms with Crippen LogP contribution in [-0.2, 0) is 6.54 Å². The first-order chi connectivity index (χ1) is 15.5. The van der Waals surface area contributed by atoms with Crippen molar-refractivity contribution in [3.8, 4) is 11.3 Å². The summed E-state index contributed by atoms with van der Waals surface area (Å²) in [6, 6.07) is 13.9. The summed E-state index contributed by atoms with van der Waals surface area (Å²) in [6.45, 7) is 9.76. The molecule has 1 aromatic carbocycles. The molecule has 4 aromatic rings. The fourth-order valence-corrected chi connectivity index (χ4v) is 4.40. The van der Waals surface area contributed by atoms with Gasteiger partial charge in [0.15, 0.2) is 0 Å². The molecular weight excluding hydrogens is 402 g/mol. The van der Waals surface area contributed by atoms with Gasteiger partial charge in [-0.2, -0.15) is 0 Å². The van der Waals surface area contributed by atoms with Gasteiger partial charge in [-0.3, -0.25) is 9.69 Å². The van der Waals surface area contributed by atoms with Gasteiger partial charge in [0.05, 0.1) is 11.4 Å². The number of aryl methyl sites for hydroxylation is 3. The summed E-state index contributed by atoms with van der Waals surface area (Å²) < 4.78 is 7.59. The van der Waals surface area contributed by atoms with Crippen molar-refractivity contribution in [1.82, 2.24) is 24.3 Å². The average Bonchev–Trinajstić information content (AvgIpc) is 3.34. The maximum absolute atomic E-state index is 13.4. The molecule has 0 radical (unpaired) electrons. The first-order valence-electron chi connectivity index (χ1n) is 11.0. The second kappa shape index (κ2) is 8.24. The molecule has 0 aliphatic carbocycles. The van der Waals surface area contributed by atoms with Crippen LogP contribution in [0.15, 0.2) is 53.2 Å². The van der Waals surface area contributed by atoms with E-state index in [1.807, 2.05) is 35.2 Å². The highest BCUT2D eigenvalue weighted by molar-refractivity contribution is 6.00. The highest BCUT2D eigenvalue weighted by atomic mass is 16.5. The lowest BCUT2D eigenvalue weighted by atomic mass is 10.0. The number of aromatic nitrogens is 3. The fraction of sp³-hybridized carbons (Fsp3) is 0.320. The first-order valence-corrected chi connectivity index (χ1v) is 11.0. The Morgan fingerprint density at radius 3 is 2.50 bits per heavy atom. The van der Waals surface area contributed by atoms with Crippen molar-refractivity contribution in [2.24, 2.45) is 0 Å². The minimum Gasteiger partial charge on any atom is -0.360 e. The number of hydrogen-bond acceptors (Lipinski definition) is 5. The molecule has 0 bridgehead atoms. The van der Waals surface area contributed by atoms with E-state index in [9.17, 15) is 4.79 Å². The van der Waals surface area contributed by atoms with E-state index < -0.39 is 0 Å². The number of carbonyl (C=O) groups excluding carboxylic acids is 1. The van der Waals surface area contributed by atoms with Crippen LogP contribution in [0.3, 0.4) is 0 Å². The van der Waals surface area contributed by atoms with Gasteiger partial charge < -0.3 is 13.8 Å². The van der Waals surface area contributed by atoms with Crippen molar-refractivity contribution in [2.75, 3.05) is 26.2 Å². The first kappa shape index (κ1) is 20.5. The van der Waals surface area contributed by atoms with E-state index in [2.05, 4.69) is 46.6 Å². The number of benzene rings is 1. The molecule has 7 heteroatoms. The standard InChI is InChI=1S/C25H27N5O2/c1-17-9-10-22-26-18(2)21(30(22)15-17)16-28-11-13-29(14-12-28)25(31)23-19(3)32-27-24(23)20-7-5-4-6-8-20/h4-10,15H,11-14,16H2,1-3H3. The molecule has 0 unspecified atom stereocenters. The highest BCUT2D eigenvalue weighted by Crippen LogP contribution is 2.27. The Morgan fingerprint density at radius 1 is 1.00 bits per heavy atom. The Kier molecular flexibility index (Phi) is 5.27. The minimum atomic E-state index is -0.0103.